The third kappa shape index (κ3) is 3.39. The first-order valence-electron chi connectivity index (χ1n) is 5.58. The lowest BCUT2D eigenvalue weighted by atomic mass is 10.0. The second kappa shape index (κ2) is 6.77. The standard InChI is InChI=1S/C13H17BrO5/c1-7-5-8(17-2)10(9(6-7)18-3)12(19-4)11(14)13(15)16/h5-6,11-12H,1-4H3,(H,15,16). The quantitative estimate of drug-likeness (QED) is 0.811. The summed E-state index contributed by atoms with van der Waals surface area (Å²) in [6.07, 6.45) is -0.719. The highest BCUT2D eigenvalue weighted by Gasteiger charge is 2.32. The van der Waals surface area contributed by atoms with Gasteiger partial charge in [0.05, 0.1) is 19.8 Å². The van der Waals surface area contributed by atoms with Crippen LogP contribution in [0.5, 0.6) is 11.5 Å². The van der Waals surface area contributed by atoms with Crippen molar-refractivity contribution in [3.63, 3.8) is 0 Å². The molecule has 0 aromatic heterocycles. The first kappa shape index (κ1) is 15.8. The second-order valence-electron chi connectivity index (χ2n) is 3.98. The van der Waals surface area contributed by atoms with Gasteiger partial charge in [0, 0.05) is 7.11 Å². The molecule has 0 saturated heterocycles. The van der Waals surface area contributed by atoms with Gasteiger partial charge in [-0.1, -0.05) is 15.9 Å². The molecule has 0 aliphatic rings. The number of hydrogen-bond donors (Lipinski definition) is 1. The molecule has 0 amide bonds. The van der Waals surface area contributed by atoms with Crippen molar-refractivity contribution in [1.82, 2.24) is 0 Å². The van der Waals surface area contributed by atoms with Crippen LogP contribution in [-0.4, -0.2) is 37.2 Å². The van der Waals surface area contributed by atoms with Gasteiger partial charge in [-0.2, -0.15) is 0 Å². The molecule has 0 fully saturated rings. The van der Waals surface area contributed by atoms with E-state index in [9.17, 15) is 4.79 Å². The van der Waals surface area contributed by atoms with Crippen LogP contribution in [0.25, 0.3) is 0 Å². The summed E-state index contributed by atoms with van der Waals surface area (Å²) >= 11 is 3.12. The number of ether oxygens (including phenoxy) is 3. The first-order chi connectivity index (χ1) is 8.96. The van der Waals surface area contributed by atoms with E-state index in [2.05, 4.69) is 15.9 Å². The minimum Gasteiger partial charge on any atom is -0.496 e. The predicted octanol–water partition coefficient (Wildman–Crippen LogP) is 2.55. The van der Waals surface area contributed by atoms with Crippen LogP contribution >= 0.6 is 15.9 Å². The summed E-state index contributed by atoms with van der Waals surface area (Å²) in [6.45, 7) is 1.90. The Morgan fingerprint density at radius 3 is 2.00 bits per heavy atom. The Labute approximate surface area is 120 Å². The number of alkyl halides is 1. The van der Waals surface area contributed by atoms with Crippen molar-refractivity contribution in [2.24, 2.45) is 0 Å². The Hall–Kier alpha value is -1.27. The smallest absolute Gasteiger partial charge is 0.320 e. The highest BCUT2D eigenvalue weighted by atomic mass is 79.9. The van der Waals surface area contributed by atoms with Crippen LogP contribution in [0.4, 0.5) is 0 Å². The Balaban J connectivity index is 3.40. The number of aryl methyl sites for hydroxylation is 1. The van der Waals surface area contributed by atoms with Gasteiger partial charge in [0.2, 0.25) is 0 Å². The van der Waals surface area contributed by atoms with E-state index in [4.69, 9.17) is 19.3 Å². The van der Waals surface area contributed by atoms with E-state index < -0.39 is 16.9 Å². The second-order valence-corrected chi connectivity index (χ2v) is 4.97. The Morgan fingerprint density at radius 1 is 1.21 bits per heavy atom. The van der Waals surface area contributed by atoms with E-state index in [0.717, 1.165) is 5.56 Å². The van der Waals surface area contributed by atoms with Crippen molar-refractivity contribution in [1.29, 1.82) is 0 Å². The van der Waals surface area contributed by atoms with E-state index in [1.165, 1.54) is 21.3 Å². The SMILES string of the molecule is COc1cc(C)cc(OC)c1C(OC)C(Br)C(=O)O. The number of rotatable bonds is 6. The summed E-state index contributed by atoms with van der Waals surface area (Å²) in [5, 5.41) is 9.12. The molecule has 6 heteroatoms. The fourth-order valence-corrected chi connectivity index (χ4v) is 2.34. The largest absolute Gasteiger partial charge is 0.496 e. The highest BCUT2D eigenvalue weighted by Crippen LogP contribution is 2.40. The van der Waals surface area contributed by atoms with Crippen molar-refractivity contribution < 1.29 is 24.1 Å². The molecule has 0 heterocycles. The minimum absolute atomic E-state index is 0.536. The fraction of sp³-hybridized carbons (Fsp3) is 0.462. The van der Waals surface area contributed by atoms with E-state index in [1.807, 2.05) is 19.1 Å². The van der Waals surface area contributed by atoms with Crippen molar-refractivity contribution in [2.45, 2.75) is 17.9 Å². The number of aliphatic carboxylic acids is 1. The first-order valence-corrected chi connectivity index (χ1v) is 6.50. The van der Waals surface area contributed by atoms with E-state index in [0.29, 0.717) is 17.1 Å². The third-order valence-electron chi connectivity index (χ3n) is 2.73. The van der Waals surface area contributed by atoms with Crippen LogP contribution in [0.3, 0.4) is 0 Å². The molecular formula is C13H17BrO5. The third-order valence-corrected chi connectivity index (χ3v) is 3.60. The maximum atomic E-state index is 11.1. The Bertz CT molecular complexity index is 435. The Kier molecular flexibility index (Phi) is 5.62. The fourth-order valence-electron chi connectivity index (χ4n) is 1.86. The lowest BCUT2D eigenvalue weighted by Crippen LogP contribution is -2.24. The van der Waals surface area contributed by atoms with Gasteiger partial charge in [-0.3, -0.25) is 4.79 Å². The molecule has 106 valence electrons. The number of carbonyl (C=O) groups is 1. The molecular weight excluding hydrogens is 316 g/mol. The summed E-state index contributed by atoms with van der Waals surface area (Å²) in [4.78, 5) is 10.2. The van der Waals surface area contributed by atoms with Crippen LogP contribution in [0.1, 0.15) is 17.2 Å². The molecule has 1 aromatic rings. The number of benzene rings is 1. The maximum absolute atomic E-state index is 11.1. The van der Waals surface area contributed by atoms with Crippen LogP contribution in [0.2, 0.25) is 0 Å². The number of hydrogen-bond acceptors (Lipinski definition) is 4. The summed E-state index contributed by atoms with van der Waals surface area (Å²) < 4.78 is 15.9. The van der Waals surface area contributed by atoms with E-state index >= 15 is 0 Å². The van der Waals surface area contributed by atoms with Crippen LogP contribution in [-0.2, 0) is 9.53 Å². The number of halogens is 1. The zero-order valence-corrected chi connectivity index (χ0v) is 12.9. The molecule has 1 N–H and O–H groups in total. The van der Waals surface area contributed by atoms with Gasteiger partial charge < -0.3 is 19.3 Å². The predicted molar refractivity (Wildman–Crippen MR) is 74.4 cm³/mol. The number of carboxylic acid groups (broad SMARTS) is 1. The summed E-state index contributed by atoms with van der Waals surface area (Å²) in [5.74, 6) is 0.0559. The van der Waals surface area contributed by atoms with Crippen LogP contribution < -0.4 is 9.47 Å². The summed E-state index contributed by atoms with van der Waals surface area (Å²) in [6, 6.07) is 3.62. The van der Waals surface area contributed by atoms with E-state index in [1.54, 1.807) is 0 Å². The molecule has 0 bridgehead atoms. The average Bonchev–Trinajstić information content (AvgIpc) is 2.39. The van der Waals surface area contributed by atoms with Crippen molar-refractivity contribution in [3.8, 4) is 11.5 Å². The van der Waals surface area contributed by atoms with Gasteiger partial charge in [0.15, 0.2) is 0 Å². The van der Waals surface area contributed by atoms with Crippen molar-refractivity contribution in [3.05, 3.63) is 23.3 Å². The zero-order valence-electron chi connectivity index (χ0n) is 11.3. The van der Waals surface area contributed by atoms with Crippen molar-refractivity contribution in [2.75, 3.05) is 21.3 Å². The number of methoxy groups -OCH3 is 3. The maximum Gasteiger partial charge on any atom is 0.320 e. The van der Waals surface area contributed by atoms with Crippen molar-refractivity contribution >= 4 is 21.9 Å². The molecule has 2 unspecified atom stereocenters. The molecule has 2 atom stereocenters. The average molecular weight is 333 g/mol. The lowest BCUT2D eigenvalue weighted by Gasteiger charge is -2.23. The molecule has 0 saturated carbocycles. The highest BCUT2D eigenvalue weighted by molar-refractivity contribution is 9.10. The molecule has 1 rings (SSSR count). The molecule has 5 nitrogen and oxygen atoms in total. The van der Waals surface area contributed by atoms with Gasteiger partial charge >= 0.3 is 5.97 Å². The Morgan fingerprint density at radius 2 is 1.68 bits per heavy atom. The van der Waals surface area contributed by atoms with E-state index in [-0.39, 0.29) is 0 Å². The monoisotopic (exact) mass is 332 g/mol. The van der Waals surface area contributed by atoms with Gasteiger partial charge in [-0.15, -0.1) is 0 Å². The van der Waals surface area contributed by atoms with Crippen LogP contribution in [0.15, 0.2) is 12.1 Å². The topological polar surface area (TPSA) is 65.0 Å². The summed E-state index contributed by atoms with van der Waals surface area (Å²) in [7, 11) is 4.49. The van der Waals surface area contributed by atoms with Crippen LogP contribution in [0, 0.1) is 6.92 Å². The summed E-state index contributed by atoms with van der Waals surface area (Å²) in [5.41, 5.74) is 1.52. The molecule has 19 heavy (non-hydrogen) atoms. The van der Waals surface area contributed by atoms with Gasteiger partial charge in [-0.25, -0.2) is 0 Å². The normalized spacial score (nSPS) is 13.7. The van der Waals surface area contributed by atoms with Gasteiger partial charge in [0.25, 0.3) is 0 Å². The molecule has 0 radical (unpaired) electrons. The van der Waals surface area contributed by atoms with Gasteiger partial charge in [-0.05, 0) is 24.6 Å². The lowest BCUT2D eigenvalue weighted by molar-refractivity contribution is -0.138. The number of carboxylic acids is 1. The molecule has 0 aliphatic heterocycles. The zero-order chi connectivity index (χ0) is 14.6. The minimum atomic E-state index is -1.02. The van der Waals surface area contributed by atoms with Gasteiger partial charge in [0.1, 0.15) is 22.4 Å². The molecule has 0 spiro atoms. The molecule has 1 aromatic carbocycles. The molecule has 0 aliphatic carbocycles.